The molecular weight excluding hydrogens is 228 g/mol. The molecule has 0 aliphatic heterocycles. The van der Waals surface area contributed by atoms with Crippen molar-refractivity contribution in [2.75, 3.05) is 43.6 Å². The van der Waals surface area contributed by atoms with E-state index in [2.05, 4.69) is 34.0 Å². The number of aryl methyl sites for hydroxylation is 1. The minimum atomic E-state index is 0.764. The van der Waals surface area contributed by atoms with Gasteiger partial charge in [0.25, 0.3) is 0 Å². The van der Waals surface area contributed by atoms with Crippen molar-refractivity contribution >= 4 is 11.8 Å². The molecule has 0 aliphatic carbocycles. The molecule has 0 radical (unpaired) electrons. The fourth-order valence-corrected chi connectivity index (χ4v) is 1.72. The molecule has 18 heavy (non-hydrogen) atoms. The van der Waals surface area contributed by atoms with Crippen molar-refractivity contribution in [2.45, 2.75) is 27.2 Å². The highest BCUT2D eigenvalue weighted by Gasteiger charge is 2.07. The van der Waals surface area contributed by atoms with Crippen molar-refractivity contribution in [3.05, 3.63) is 11.8 Å². The van der Waals surface area contributed by atoms with Crippen LogP contribution in [-0.2, 0) is 4.74 Å². The van der Waals surface area contributed by atoms with Crippen LogP contribution in [0.15, 0.2) is 6.07 Å². The number of hydrogen-bond donors (Lipinski definition) is 1. The van der Waals surface area contributed by atoms with Crippen LogP contribution in [-0.4, -0.2) is 43.3 Å². The number of nitrogens with one attached hydrogen (secondary N) is 1. The first-order chi connectivity index (χ1) is 8.71. The number of methoxy groups -OCH3 is 1. The molecule has 0 amide bonds. The lowest BCUT2D eigenvalue weighted by Crippen LogP contribution is -2.24. The molecule has 0 saturated heterocycles. The summed E-state index contributed by atoms with van der Waals surface area (Å²) in [5, 5.41) is 3.31. The number of nitrogens with zero attached hydrogens (tertiary/aromatic N) is 3. The van der Waals surface area contributed by atoms with Gasteiger partial charge in [-0.15, -0.1) is 0 Å². The van der Waals surface area contributed by atoms with E-state index in [0.717, 1.165) is 50.1 Å². The predicted molar refractivity (Wildman–Crippen MR) is 75.3 cm³/mol. The molecular formula is C13H24N4O. The van der Waals surface area contributed by atoms with Crippen molar-refractivity contribution in [1.82, 2.24) is 9.97 Å². The van der Waals surface area contributed by atoms with Crippen LogP contribution in [0.25, 0.3) is 0 Å². The summed E-state index contributed by atoms with van der Waals surface area (Å²) in [5.41, 5.74) is 0.987. The molecule has 102 valence electrons. The largest absolute Gasteiger partial charge is 0.385 e. The van der Waals surface area contributed by atoms with Crippen LogP contribution >= 0.6 is 0 Å². The lowest BCUT2D eigenvalue weighted by molar-refractivity contribution is 0.198. The zero-order valence-corrected chi connectivity index (χ0v) is 11.9. The fraction of sp³-hybridized carbons (Fsp3) is 0.692. The zero-order valence-electron chi connectivity index (χ0n) is 11.9. The maximum atomic E-state index is 5.02. The number of rotatable bonds is 8. The summed E-state index contributed by atoms with van der Waals surface area (Å²) in [4.78, 5) is 11.2. The Labute approximate surface area is 110 Å². The molecule has 0 saturated carbocycles. The highest BCUT2D eigenvalue weighted by atomic mass is 16.5. The van der Waals surface area contributed by atoms with E-state index < -0.39 is 0 Å². The summed E-state index contributed by atoms with van der Waals surface area (Å²) in [6, 6.07) is 1.97. The average Bonchev–Trinajstić information content (AvgIpc) is 2.36. The monoisotopic (exact) mass is 252 g/mol. The SMILES string of the molecule is CCN(CC)c1nc(C)cc(NCCCOC)n1. The first-order valence-electron chi connectivity index (χ1n) is 6.54. The molecule has 0 unspecified atom stereocenters. The van der Waals surface area contributed by atoms with Gasteiger partial charge in [0, 0.05) is 45.1 Å². The maximum Gasteiger partial charge on any atom is 0.227 e. The Morgan fingerprint density at radius 2 is 2.00 bits per heavy atom. The summed E-state index contributed by atoms with van der Waals surface area (Å²) in [5.74, 6) is 1.69. The molecule has 1 aromatic rings. The molecule has 0 spiro atoms. The van der Waals surface area contributed by atoms with Gasteiger partial charge >= 0.3 is 0 Å². The molecule has 0 aromatic carbocycles. The number of hydrogen-bond acceptors (Lipinski definition) is 5. The third-order valence-electron chi connectivity index (χ3n) is 2.72. The highest BCUT2D eigenvalue weighted by Crippen LogP contribution is 2.13. The molecule has 0 atom stereocenters. The van der Waals surface area contributed by atoms with E-state index in [0.29, 0.717) is 0 Å². The summed E-state index contributed by atoms with van der Waals surface area (Å²) < 4.78 is 5.02. The Hall–Kier alpha value is -1.36. The van der Waals surface area contributed by atoms with Crippen molar-refractivity contribution < 1.29 is 4.74 Å². The zero-order chi connectivity index (χ0) is 13.4. The summed E-state index contributed by atoms with van der Waals surface area (Å²) >= 11 is 0. The van der Waals surface area contributed by atoms with Crippen LogP contribution in [0.2, 0.25) is 0 Å². The maximum absolute atomic E-state index is 5.02. The van der Waals surface area contributed by atoms with E-state index in [-0.39, 0.29) is 0 Å². The third-order valence-corrected chi connectivity index (χ3v) is 2.72. The lowest BCUT2D eigenvalue weighted by atomic mass is 10.4. The number of ether oxygens (including phenoxy) is 1. The normalized spacial score (nSPS) is 10.4. The topological polar surface area (TPSA) is 50.3 Å². The summed E-state index contributed by atoms with van der Waals surface area (Å²) in [6.07, 6.45) is 0.972. The first-order valence-corrected chi connectivity index (χ1v) is 6.54. The molecule has 5 heteroatoms. The Balaban J connectivity index is 2.68. The molecule has 1 aromatic heterocycles. The van der Waals surface area contributed by atoms with Crippen LogP contribution in [0.5, 0.6) is 0 Å². The fourth-order valence-electron chi connectivity index (χ4n) is 1.72. The van der Waals surface area contributed by atoms with Gasteiger partial charge < -0.3 is 15.0 Å². The molecule has 1 rings (SSSR count). The van der Waals surface area contributed by atoms with Gasteiger partial charge in [0.2, 0.25) is 5.95 Å². The van der Waals surface area contributed by atoms with Crippen molar-refractivity contribution in [3.63, 3.8) is 0 Å². The molecule has 0 aliphatic rings. The molecule has 0 bridgehead atoms. The van der Waals surface area contributed by atoms with E-state index >= 15 is 0 Å². The van der Waals surface area contributed by atoms with E-state index in [9.17, 15) is 0 Å². The molecule has 5 nitrogen and oxygen atoms in total. The number of anilines is 2. The quantitative estimate of drug-likeness (QED) is 0.718. The standard InChI is InChI=1S/C13H24N4O/c1-5-17(6-2)13-15-11(3)10-12(16-13)14-8-7-9-18-4/h10H,5-9H2,1-4H3,(H,14,15,16). The van der Waals surface area contributed by atoms with E-state index in [1.165, 1.54) is 0 Å². The van der Waals surface area contributed by atoms with Gasteiger partial charge in [-0.3, -0.25) is 0 Å². The minimum Gasteiger partial charge on any atom is -0.385 e. The highest BCUT2D eigenvalue weighted by molar-refractivity contribution is 5.43. The minimum absolute atomic E-state index is 0.764. The van der Waals surface area contributed by atoms with Crippen LogP contribution < -0.4 is 10.2 Å². The second kappa shape index (κ2) is 7.87. The van der Waals surface area contributed by atoms with Gasteiger partial charge in [0.05, 0.1) is 0 Å². The molecule has 1 N–H and O–H groups in total. The predicted octanol–water partition coefficient (Wildman–Crippen LogP) is 2.08. The van der Waals surface area contributed by atoms with E-state index in [1.54, 1.807) is 7.11 Å². The van der Waals surface area contributed by atoms with E-state index in [4.69, 9.17) is 4.74 Å². The van der Waals surface area contributed by atoms with Gasteiger partial charge in [-0.2, -0.15) is 4.98 Å². The second-order valence-electron chi connectivity index (χ2n) is 4.14. The van der Waals surface area contributed by atoms with Crippen molar-refractivity contribution in [2.24, 2.45) is 0 Å². The van der Waals surface area contributed by atoms with E-state index in [1.807, 2.05) is 13.0 Å². The Morgan fingerprint density at radius 3 is 2.61 bits per heavy atom. The van der Waals surface area contributed by atoms with Crippen LogP contribution in [0.3, 0.4) is 0 Å². The Kier molecular flexibility index (Phi) is 6.43. The third kappa shape index (κ3) is 4.49. The molecule has 0 fully saturated rings. The summed E-state index contributed by atoms with van der Waals surface area (Å²) in [7, 11) is 1.72. The van der Waals surface area contributed by atoms with Crippen LogP contribution in [0, 0.1) is 6.92 Å². The van der Waals surface area contributed by atoms with Crippen molar-refractivity contribution in [3.8, 4) is 0 Å². The Morgan fingerprint density at radius 1 is 1.28 bits per heavy atom. The first kappa shape index (κ1) is 14.7. The van der Waals surface area contributed by atoms with Gasteiger partial charge in [-0.1, -0.05) is 0 Å². The Bertz CT molecular complexity index is 353. The molecule has 1 heterocycles. The smallest absolute Gasteiger partial charge is 0.227 e. The van der Waals surface area contributed by atoms with Gasteiger partial charge in [-0.05, 0) is 27.2 Å². The lowest BCUT2D eigenvalue weighted by Gasteiger charge is -2.19. The average molecular weight is 252 g/mol. The number of aromatic nitrogens is 2. The van der Waals surface area contributed by atoms with Crippen LogP contribution in [0.4, 0.5) is 11.8 Å². The summed E-state index contributed by atoms with van der Waals surface area (Å²) in [6.45, 7) is 9.69. The van der Waals surface area contributed by atoms with Gasteiger partial charge in [-0.25, -0.2) is 4.98 Å². The second-order valence-corrected chi connectivity index (χ2v) is 4.14. The van der Waals surface area contributed by atoms with Crippen molar-refractivity contribution in [1.29, 1.82) is 0 Å². The van der Waals surface area contributed by atoms with Crippen LogP contribution in [0.1, 0.15) is 26.0 Å². The van der Waals surface area contributed by atoms with Gasteiger partial charge in [0.15, 0.2) is 0 Å². The van der Waals surface area contributed by atoms with Gasteiger partial charge in [0.1, 0.15) is 5.82 Å².